The number of hydrazine groups is 1. The number of nitrogens with two attached hydrogens (primary N) is 1. The van der Waals surface area contributed by atoms with Crippen molar-refractivity contribution >= 4 is 23.2 Å². The van der Waals surface area contributed by atoms with Crippen LogP contribution in [0, 0.1) is 12.7 Å². The summed E-state index contributed by atoms with van der Waals surface area (Å²) in [6, 6.07) is 10.2. The molecule has 106 valence electrons. The summed E-state index contributed by atoms with van der Waals surface area (Å²) in [6.07, 6.45) is 0.479. The van der Waals surface area contributed by atoms with Crippen molar-refractivity contribution in [1.82, 2.24) is 5.43 Å². The van der Waals surface area contributed by atoms with E-state index in [-0.39, 0.29) is 5.02 Å². The monoisotopic (exact) mass is 312 g/mol. The average molecular weight is 313 g/mol. The molecule has 5 heteroatoms. The van der Waals surface area contributed by atoms with E-state index in [1.54, 1.807) is 12.1 Å². The van der Waals surface area contributed by atoms with Crippen LogP contribution in [0.1, 0.15) is 22.7 Å². The predicted molar refractivity (Wildman–Crippen MR) is 81.4 cm³/mol. The largest absolute Gasteiger partial charge is 0.271 e. The highest BCUT2D eigenvalue weighted by Gasteiger charge is 2.18. The zero-order chi connectivity index (χ0) is 14.7. The molecule has 0 amide bonds. The molecule has 2 aromatic carbocycles. The number of hydrogen-bond acceptors (Lipinski definition) is 2. The summed E-state index contributed by atoms with van der Waals surface area (Å²) < 4.78 is 14.0. The Kier molecular flexibility index (Phi) is 5.00. The molecule has 3 N–H and O–H groups in total. The third-order valence-electron chi connectivity index (χ3n) is 3.19. The van der Waals surface area contributed by atoms with Gasteiger partial charge in [0.05, 0.1) is 11.1 Å². The standard InChI is InChI=1S/C15H15Cl2FN2/c1-9-5-6-10(13(17)7-9)8-14(20-19)11-3-2-4-12(16)15(11)18/h2-7,14,20H,8,19H2,1H3. The average Bonchev–Trinajstić information content (AvgIpc) is 2.42. The van der Waals surface area contributed by atoms with Crippen LogP contribution in [0.2, 0.25) is 10.0 Å². The number of aryl methyl sites for hydroxylation is 1. The van der Waals surface area contributed by atoms with Crippen LogP contribution < -0.4 is 11.3 Å². The van der Waals surface area contributed by atoms with Crippen molar-refractivity contribution < 1.29 is 4.39 Å². The van der Waals surface area contributed by atoms with E-state index in [1.807, 2.05) is 25.1 Å². The Labute approximate surface area is 127 Å². The van der Waals surface area contributed by atoms with Gasteiger partial charge in [-0.2, -0.15) is 0 Å². The first-order chi connectivity index (χ1) is 9.52. The van der Waals surface area contributed by atoms with Gasteiger partial charge in [0.1, 0.15) is 5.82 Å². The fourth-order valence-corrected chi connectivity index (χ4v) is 2.58. The highest BCUT2D eigenvalue weighted by Crippen LogP contribution is 2.28. The number of rotatable bonds is 4. The first-order valence-corrected chi connectivity index (χ1v) is 6.93. The molecule has 0 saturated heterocycles. The van der Waals surface area contributed by atoms with Gasteiger partial charge in [-0.15, -0.1) is 0 Å². The minimum absolute atomic E-state index is 0.0813. The second kappa shape index (κ2) is 6.55. The molecule has 0 heterocycles. The van der Waals surface area contributed by atoms with Crippen molar-refractivity contribution in [2.24, 2.45) is 5.84 Å². The highest BCUT2D eigenvalue weighted by atomic mass is 35.5. The smallest absolute Gasteiger partial charge is 0.146 e. The summed E-state index contributed by atoms with van der Waals surface area (Å²) in [5.41, 5.74) is 5.02. The maximum absolute atomic E-state index is 14.0. The van der Waals surface area contributed by atoms with Crippen LogP contribution >= 0.6 is 23.2 Å². The summed E-state index contributed by atoms with van der Waals surface area (Å²) in [4.78, 5) is 0. The molecule has 0 aliphatic carbocycles. The predicted octanol–water partition coefficient (Wildman–Crippen LogP) is 4.19. The first kappa shape index (κ1) is 15.3. The topological polar surface area (TPSA) is 38.0 Å². The number of halogens is 3. The molecule has 0 aromatic heterocycles. The molecule has 0 fully saturated rings. The summed E-state index contributed by atoms with van der Waals surface area (Å²) >= 11 is 12.0. The number of hydrogen-bond donors (Lipinski definition) is 2. The van der Waals surface area contributed by atoms with Crippen LogP contribution in [0.4, 0.5) is 4.39 Å². The van der Waals surface area contributed by atoms with Crippen LogP contribution in [0.5, 0.6) is 0 Å². The Morgan fingerprint density at radius 3 is 2.60 bits per heavy atom. The lowest BCUT2D eigenvalue weighted by Crippen LogP contribution is -2.30. The van der Waals surface area contributed by atoms with Crippen molar-refractivity contribution in [1.29, 1.82) is 0 Å². The molecule has 2 rings (SSSR count). The Morgan fingerprint density at radius 2 is 1.95 bits per heavy atom. The van der Waals surface area contributed by atoms with E-state index in [9.17, 15) is 4.39 Å². The Morgan fingerprint density at radius 1 is 1.20 bits per heavy atom. The second-order valence-electron chi connectivity index (χ2n) is 4.66. The Balaban J connectivity index is 2.31. The SMILES string of the molecule is Cc1ccc(CC(NN)c2cccc(Cl)c2F)c(Cl)c1. The summed E-state index contributed by atoms with van der Waals surface area (Å²) in [5, 5.41) is 0.727. The summed E-state index contributed by atoms with van der Waals surface area (Å²) in [7, 11) is 0. The van der Waals surface area contributed by atoms with E-state index in [0.29, 0.717) is 17.0 Å². The van der Waals surface area contributed by atoms with Crippen LogP contribution in [0.15, 0.2) is 36.4 Å². The van der Waals surface area contributed by atoms with E-state index in [0.717, 1.165) is 11.1 Å². The number of benzene rings is 2. The lowest BCUT2D eigenvalue weighted by Gasteiger charge is -2.18. The zero-order valence-electron chi connectivity index (χ0n) is 11.0. The quantitative estimate of drug-likeness (QED) is 0.656. The van der Waals surface area contributed by atoms with Gasteiger partial charge >= 0.3 is 0 Å². The van der Waals surface area contributed by atoms with Gasteiger partial charge in [0.25, 0.3) is 0 Å². The van der Waals surface area contributed by atoms with Gasteiger partial charge in [-0.1, -0.05) is 47.5 Å². The van der Waals surface area contributed by atoms with E-state index < -0.39 is 11.9 Å². The minimum atomic E-state index is -0.458. The van der Waals surface area contributed by atoms with E-state index in [1.165, 1.54) is 6.07 Å². The lowest BCUT2D eigenvalue weighted by atomic mass is 9.98. The van der Waals surface area contributed by atoms with Gasteiger partial charge in [0.2, 0.25) is 0 Å². The fourth-order valence-electron chi connectivity index (χ4n) is 2.09. The molecular weight excluding hydrogens is 298 g/mol. The molecule has 0 radical (unpaired) electrons. The van der Waals surface area contributed by atoms with Crippen molar-refractivity contribution in [3.63, 3.8) is 0 Å². The summed E-state index contributed by atoms with van der Waals surface area (Å²) in [6.45, 7) is 1.96. The van der Waals surface area contributed by atoms with Crippen molar-refractivity contribution in [3.05, 3.63) is 69.0 Å². The molecule has 2 aromatic rings. The fraction of sp³-hybridized carbons (Fsp3) is 0.200. The molecule has 2 nitrogen and oxygen atoms in total. The molecule has 0 spiro atoms. The van der Waals surface area contributed by atoms with E-state index >= 15 is 0 Å². The maximum atomic E-state index is 14.0. The van der Waals surface area contributed by atoms with Gasteiger partial charge in [-0.3, -0.25) is 11.3 Å². The lowest BCUT2D eigenvalue weighted by molar-refractivity contribution is 0.511. The Hall–Kier alpha value is -1.13. The zero-order valence-corrected chi connectivity index (χ0v) is 12.5. The summed E-state index contributed by atoms with van der Waals surface area (Å²) in [5.74, 6) is 5.09. The Bertz CT molecular complexity index is 617. The normalized spacial score (nSPS) is 12.4. The number of nitrogens with one attached hydrogen (secondary N) is 1. The second-order valence-corrected chi connectivity index (χ2v) is 5.48. The van der Waals surface area contributed by atoms with Crippen molar-refractivity contribution in [2.45, 2.75) is 19.4 Å². The van der Waals surface area contributed by atoms with Gasteiger partial charge < -0.3 is 0 Å². The maximum Gasteiger partial charge on any atom is 0.146 e. The third-order valence-corrected chi connectivity index (χ3v) is 3.83. The minimum Gasteiger partial charge on any atom is -0.271 e. The highest BCUT2D eigenvalue weighted by molar-refractivity contribution is 6.31. The molecule has 0 bridgehead atoms. The molecule has 0 aliphatic rings. The molecule has 0 aliphatic heterocycles. The van der Waals surface area contributed by atoms with E-state index in [4.69, 9.17) is 29.0 Å². The van der Waals surface area contributed by atoms with E-state index in [2.05, 4.69) is 5.43 Å². The van der Waals surface area contributed by atoms with Gasteiger partial charge in [0.15, 0.2) is 0 Å². The van der Waals surface area contributed by atoms with Crippen LogP contribution in [-0.2, 0) is 6.42 Å². The molecule has 1 unspecified atom stereocenters. The first-order valence-electron chi connectivity index (χ1n) is 6.18. The van der Waals surface area contributed by atoms with Crippen molar-refractivity contribution in [3.8, 4) is 0 Å². The van der Waals surface area contributed by atoms with Crippen LogP contribution in [0.3, 0.4) is 0 Å². The van der Waals surface area contributed by atoms with Crippen LogP contribution in [0.25, 0.3) is 0 Å². The molecular formula is C15H15Cl2FN2. The third kappa shape index (κ3) is 3.30. The van der Waals surface area contributed by atoms with Crippen molar-refractivity contribution in [2.75, 3.05) is 0 Å². The van der Waals surface area contributed by atoms with Gasteiger partial charge in [0, 0.05) is 10.6 Å². The van der Waals surface area contributed by atoms with Crippen LogP contribution in [-0.4, -0.2) is 0 Å². The van der Waals surface area contributed by atoms with Gasteiger partial charge in [-0.25, -0.2) is 4.39 Å². The molecule has 0 saturated carbocycles. The molecule has 20 heavy (non-hydrogen) atoms. The van der Waals surface area contributed by atoms with Gasteiger partial charge in [-0.05, 0) is 36.6 Å². The molecule has 1 atom stereocenters.